The molecule has 24 heavy (non-hydrogen) atoms. The number of benzene rings is 2. The molecule has 0 saturated carbocycles. The summed E-state index contributed by atoms with van der Waals surface area (Å²) in [4.78, 5) is 19.0. The van der Waals surface area contributed by atoms with E-state index in [1.807, 2.05) is 25.1 Å². The maximum absolute atomic E-state index is 11.4. The Morgan fingerprint density at radius 2 is 1.88 bits per heavy atom. The summed E-state index contributed by atoms with van der Waals surface area (Å²) in [5.74, 6) is 2.29. The van der Waals surface area contributed by atoms with Crippen molar-refractivity contribution >= 4 is 48.9 Å². The molecule has 2 aromatic carbocycles. The number of ether oxygens (including phenoxy) is 2. The van der Waals surface area contributed by atoms with E-state index in [4.69, 9.17) is 9.47 Å². The lowest BCUT2D eigenvalue weighted by atomic mass is 10.3. The number of imidazole rings is 1. The number of rotatable bonds is 4. The standard InChI is InChI=1S/C17H14Br2N2O3/c1-3-16(22)23-11-6-12(18)17(13(19)7-11)24-10-4-5-14-15(8-10)21-9(2)20-14/h4-8H,3H2,1-2H3,(H,20,21). The third-order valence-corrected chi connectivity index (χ3v) is 4.46. The number of nitrogens with zero attached hydrogens (tertiary/aromatic N) is 1. The van der Waals surface area contributed by atoms with Crippen molar-refractivity contribution in [2.45, 2.75) is 20.3 Å². The minimum absolute atomic E-state index is 0.289. The average Bonchev–Trinajstić information content (AvgIpc) is 2.90. The monoisotopic (exact) mass is 452 g/mol. The number of aryl methyl sites for hydroxylation is 1. The maximum atomic E-state index is 11.4. The second kappa shape index (κ2) is 6.94. The molecule has 3 rings (SSSR count). The van der Waals surface area contributed by atoms with Crippen molar-refractivity contribution in [3.8, 4) is 17.2 Å². The highest BCUT2D eigenvalue weighted by Gasteiger charge is 2.13. The summed E-state index contributed by atoms with van der Waals surface area (Å²) in [6.07, 6.45) is 0.317. The van der Waals surface area contributed by atoms with Gasteiger partial charge in [0.1, 0.15) is 17.3 Å². The Balaban J connectivity index is 1.89. The third-order valence-electron chi connectivity index (χ3n) is 3.28. The Morgan fingerprint density at radius 3 is 2.54 bits per heavy atom. The van der Waals surface area contributed by atoms with Crippen LogP contribution in [-0.2, 0) is 4.79 Å². The maximum Gasteiger partial charge on any atom is 0.310 e. The molecule has 1 aromatic heterocycles. The molecule has 1 heterocycles. The Hall–Kier alpha value is -1.86. The molecule has 0 aliphatic carbocycles. The van der Waals surface area contributed by atoms with Gasteiger partial charge in [0, 0.05) is 12.5 Å². The summed E-state index contributed by atoms with van der Waals surface area (Å²) >= 11 is 6.91. The van der Waals surface area contributed by atoms with E-state index in [9.17, 15) is 4.79 Å². The smallest absolute Gasteiger partial charge is 0.310 e. The number of H-pyrrole nitrogens is 1. The van der Waals surface area contributed by atoms with Crippen LogP contribution in [0.5, 0.6) is 17.2 Å². The van der Waals surface area contributed by atoms with Crippen molar-refractivity contribution in [3.63, 3.8) is 0 Å². The number of aromatic amines is 1. The lowest BCUT2D eigenvalue weighted by Gasteiger charge is -2.12. The van der Waals surface area contributed by atoms with Gasteiger partial charge in [-0.15, -0.1) is 0 Å². The van der Waals surface area contributed by atoms with E-state index < -0.39 is 0 Å². The number of hydrogen-bond donors (Lipinski definition) is 1. The number of aromatic nitrogens is 2. The Kier molecular flexibility index (Phi) is 4.91. The van der Waals surface area contributed by atoms with Crippen molar-refractivity contribution in [1.29, 1.82) is 0 Å². The second-order valence-corrected chi connectivity index (χ2v) is 6.86. The van der Waals surface area contributed by atoms with Crippen LogP contribution in [0.2, 0.25) is 0 Å². The van der Waals surface area contributed by atoms with Crippen LogP contribution in [0.3, 0.4) is 0 Å². The van der Waals surface area contributed by atoms with Gasteiger partial charge in [-0.05, 0) is 63.0 Å². The summed E-state index contributed by atoms with van der Waals surface area (Å²) in [7, 11) is 0. The molecular weight excluding hydrogens is 440 g/mol. The molecule has 0 aliphatic heterocycles. The normalized spacial score (nSPS) is 10.8. The molecule has 3 aromatic rings. The molecule has 0 radical (unpaired) electrons. The minimum atomic E-state index is -0.289. The summed E-state index contributed by atoms with van der Waals surface area (Å²) in [6.45, 7) is 3.65. The van der Waals surface area contributed by atoms with E-state index in [1.54, 1.807) is 19.1 Å². The predicted molar refractivity (Wildman–Crippen MR) is 98.7 cm³/mol. The van der Waals surface area contributed by atoms with Gasteiger partial charge in [0.05, 0.1) is 20.0 Å². The van der Waals surface area contributed by atoms with Crippen LogP contribution in [-0.4, -0.2) is 15.9 Å². The number of fused-ring (bicyclic) bond motifs is 1. The van der Waals surface area contributed by atoms with Gasteiger partial charge >= 0.3 is 5.97 Å². The summed E-state index contributed by atoms with van der Waals surface area (Å²) in [5.41, 5.74) is 1.80. The summed E-state index contributed by atoms with van der Waals surface area (Å²) < 4.78 is 12.5. The van der Waals surface area contributed by atoms with E-state index in [1.165, 1.54) is 0 Å². The van der Waals surface area contributed by atoms with Gasteiger partial charge in [-0.3, -0.25) is 4.79 Å². The second-order valence-electron chi connectivity index (χ2n) is 5.15. The van der Waals surface area contributed by atoms with Crippen molar-refractivity contribution in [1.82, 2.24) is 9.97 Å². The predicted octanol–water partition coefficient (Wildman–Crippen LogP) is 5.50. The van der Waals surface area contributed by atoms with E-state index >= 15 is 0 Å². The van der Waals surface area contributed by atoms with Crippen LogP contribution in [0, 0.1) is 6.92 Å². The molecular formula is C17H14Br2N2O3. The molecule has 0 saturated heterocycles. The molecule has 1 N–H and O–H groups in total. The molecule has 0 unspecified atom stereocenters. The fourth-order valence-electron chi connectivity index (χ4n) is 2.19. The first-order valence-electron chi connectivity index (χ1n) is 7.30. The SMILES string of the molecule is CCC(=O)Oc1cc(Br)c(Oc2ccc3nc(C)[nH]c3c2)c(Br)c1. The van der Waals surface area contributed by atoms with E-state index in [2.05, 4.69) is 41.8 Å². The lowest BCUT2D eigenvalue weighted by molar-refractivity contribution is -0.134. The first-order valence-corrected chi connectivity index (χ1v) is 8.89. The van der Waals surface area contributed by atoms with Gasteiger partial charge in [-0.1, -0.05) is 6.92 Å². The number of hydrogen-bond acceptors (Lipinski definition) is 4. The van der Waals surface area contributed by atoms with Crippen molar-refractivity contribution < 1.29 is 14.3 Å². The zero-order valence-electron chi connectivity index (χ0n) is 13.0. The zero-order valence-corrected chi connectivity index (χ0v) is 16.2. The molecule has 5 nitrogen and oxygen atoms in total. The molecule has 0 amide bonds. The van der Waals surface area contributed by atoms with Crippen molar-refractivity contribution in [3.05, 3.63) is 45.1 Å². The lowest BCUT2D eigenvalue weighted by Crippen LogP contribution is -2.05. The molecule has 0 spiro atoms. The van der Waals surface area contributed by atoms with E-state index in [0.29, 0.717) is 32.6 Å². The largest absolute Gasteiger partial charge is 0.455 e. The summed E-state index contributed by atoms with van der Waals surface area (Å²) in [6, 6.07) is 9.04. The highest BCUT2D eigenvalue weighted by atomic mass is 79.9. The van der Waals surface area contributed by atoms with Crippen LogP contribution in [0.1, 0.15) is 19.2 Å². The van der Waals surface area contributed by atoms with Gasteiger partial charge < -0.3 is 14.5 Å². The molecule has 0 fully saturated rings. The van der Waals surface area contributed by atoms with Crippen LogP contribution in [0.15, 0.2) is 39.3 Å². The van der Waals surface area contributed by atoms with Gasteiger partial charge in [0.2, 0.25) is 0 Å². The summed E-state index contributed by atoms with van der Waals surface area (Å²) in [5, 5.41) is 0. The van der Waals surface area contributed by atoms with E-state index in [-0.39, 0.29) is 5.97 Å². The van der Waals surface area contributed by atoms with Crippen LogP contribution in [0.25, 0.3) is 11.0 Å². The van der Waals surface area contributed by atoms with Crippen molar-refractivity contribution in [2.75, 3.05) is 0 Å². The zero-order chi connectivity index (χ0) is 17.3. The fraction of sp³-hybridized carbons (Fsp3) is 0.176. The van der Waals surface area contributed by atoms with Crippen LogP contribution >= 0.6 is 31.9 Å². The molecule has 0 bridgehead atoms. The molecule has 7 heteroatoms. The van der Waals surface area contributed by atoms with E-state index in [0.717, 1.165) is 16.9 Å². The Morgan fingerprint density at radius 1 is 1.17 bits per heavy atom. The fourth-order valence-corrected chi connectivity index (χ4v) is 3.50. The van der Waals surface area contributed by atoms with Gasteiger partial charge in [0.25, 0.3) is 0 Å². The Labute approximate surface area is 155 Å². The Bertz CT molecular complexity index is 898. The highest BCUT2D eigenvalue weighted by Crippen LogP contribution is 2.40. The minimum Gasteiger partial charge on any atom is -0.455 e. The average molecular weight is 454 g/mol. The molecule has 0 aliphatic rings. The first kappa shape index (κ1) is 17.0. The topological polar surface area (TPSA) is 64.2 Å². The number of nitrogens with one attached hydrogen (secondary N) is 1. The number of esters is 1. The van der Waals surface area contributed by atoms with Gasteiger partial charge in [0.15, 0.2) is 5.75 Å². The number of halogens is 2. The first-order chi connectivity index (χ1) is 11.5. The third kappa shape index (κ3) is 3.62. The number of carbonyl (C=O) groups excluding carboxylic acids is 1. The van der Waals surface area contributed by atoms with Crippen LogP contribution < -0.4 is 9.47 Å². The molecule has 0 atom stereocenters. The quantitative estimate of drug-likeness (QED) is 0.418. The number of carbonyl (C=O) groups is 1. The van der Waals surface area contributed by atoms with Crippen molar-refractivity contribution in [2.24, 2.45) is 0 Å². The highest BCUT2D eigenvalue weighted by molar-refractivity contribution is 9.11. The van der Waals surface area contributed by atoms with Crippen LogP contribution in [0.4, 0.5) is 0 Å². The van der Waals surface area contributed by atoms with Gasteiger partial charge in [-0.25, -0.2) is 4.98 Å². The molecule has 124 valence electrons. The van der Waals surface area contributed by atoms with Gasteiger partial charge in [-0.2, -0.15) is 0 Å².